The lowest BCUT2D eigenvalue weighted by atomic mass is 9.89. The number of allylic oxidation sites excluding steroid dienone is 1. The topological polar surface area (TPSA) is 56.8 Å². The molecular weight excluding hydrogens is 305 g/mol. The van der Waals surface area contributed by atoms with Gasteiger partial charge in [-0.3, -0.25) is 0 Å². The number of ether oxygens (including phenoxy) is 1. The van der Waals surface area contributed by atoms with Crippen LogP contribution in [0, 0.1) is 0 Å². The Bertz CT molecular complexity index is 425. The fraction of sp³-hybridized carbons (Fsp3) is 0.833. The molecule has 1 heterocycles. The van der Waals surface area contributed by atoms with Crippen LogP contribution >= 0.6 is 0 Å². The molecule has 0 atom stereocenters. The third-order valence-electron chi connectivity index (χ3n) is 4.28. The maximum absolute atomic E-state index is 11.5. The molecule has 1 amide bonds. The summed E-state index contributed by atoms with van der Waals surface area (Å²) >= 11 is 0. The van der Waals surface area contributed by atoms with E-state index in [0.29, 0.717) is 6.54 Å². The highest BCUT2D eigenvalue weighted by Gasteiger charge is 2.49. The van der Waals surface area contributed by atoms with Crippen LogP contribution in [-0.4, -0.2) is 36.6 Å². The Morgan fingerprint density at radius 2 is 1.67 bits per heavy atom. The van der Waals surface area contributed by atoms with Gasteiger partial charge in [-0.1, -0.05) is 18.5 Å². The van der Waals surface area contributed by atoms with Crippen LogP contribution in [0.2, 0.25) is 0 Å². The van der Waals surface area contributed by atoms with E-state index in [4.69, 9.17) is 14.0 Å². The van der Waals surface area contributed by atoms with Crippen molar-refractivity contribution < 1.29 is 18.8 Å². The van der Waals surface area contributed by atoms with Crippen molar-refractivity contribution in [3.05, 3.63) is 12.1 Å². The Kier molecular flexibility index (Phi) is 7.35. The highest BCUT2D eigenvalue weighted by atomic mass is 16.7. The zero-order valence-corrected chi connectivity index (χ0v) is 16.4. The predicted molar refractivity (Wildman–Crippen MR) is 97.9 cm³/mol. The van der Waals surface area contributed by atoms with Crippen LogP contribution in [0.1, 0.15) is 74.1 Å². The Labute approximate surface area is 147 Å². The van der Waals surface area contributed by atoms with E-state index in [-0.39, 0.29) is 24.4 Å². The van der Waals surface area contributed by atoms with Crippen molar-refractivity contribution in [3.8, 4) is 0 Å². The lowest BCUT2D eigenvalue weighted by Crippen LogP contribution is -2.41. The number of hydrogen-bond donors (Lipinski definition) is 1. The molecule has 0 aliphatic carbocycles. The maximum atomic E-state index is 11.5. The Morgan fingerprint density at radius 1 is 1.08 bits per heavy atom. The molecule has 1 rings (SSSR count). The summed E-state index contributed by atoms with van der Waals surface area (Å²) in [5.41, 5.74) is -1.01. The van der Waals surface area contributed by atoms with Gasteiger partial charge in [-0.15, -0.1) is 0 Å². The smallest absolute Gasteiger partial charge is 0.444 e. The lowest BCUT2D eigenvalue weighted by molar-refractivity contribution is 0.00578. The monoisotopic (exact) mass is 339 g/mol. The van der Waals surface area contributed by atoms with E-state index in [1.165, 1.54) is 0 Å². The van der Waals surface area contributed by atoms with Gasteiger partial charge in [-0.2, -0.15) is 0 Å². The number of alkyl carbamates (subject to hydrolysis) is 1. The number of hydrogen-bond acceptors (Lipinski definition) is 4. The molecule has 1 saturated heterocycles. The zero-order chi connectivity index (χ0) is 18.4. The Hall–Kier alpha value is -1.01. The molecule has 1 aliphatic rings. The molecule has 0 aromatic rings. The molecule has 5 nitrogen and oxygen atoms in total. The summed E-state index contributed by atoms with van der Waals surface area (Å²) in [6.07, 6.45) is 5.84. The van der Waals surface area contributed by atoms with E-state index < -0.39 is 5.60 Å². The molecule has 1 fully saturated rings. The first-order valence-corrected chi connectivity index (χ1v) is 8.92. The molecule has 0 bridgehead atoms. The predicted octanol–water partition coefficient (Wildman–Crippen LogP) is 4.26. The Morgan fingerprint density at radius 3 is 2.21 bits per heavy atom. The number of carbonyl (C=O) groups excluding carboxylic acids is 1. The first-order chi connectivity index (χ1) is 10.9. The summed E-state index contributed by atoms with van der Waals surface area (Å²) in [5, 5.41) is 2.77. The van der Waals surface area contributed by atoms with E-state index in [0.717, 1.165) is 25.7 Å². The van der Waals surface area contributed by atoms with E-state index in [2.05, 4.69) is 39.1 Å². The average molecular weight is 339 g/mol. The number of rotatable bonds is 7. The molecule has 0 aromatic carbocycles. The van der Waals surface area contributed by atoms with Crippen molar-refractivity contribution in [2.45, 2.75) is 91.0 Å². The minimum Gasteiger partial charge on any atom is -0.444 e. The highest BCUT2D eigenvalue weighted by Crippen LogP contribution is 2.36. The average Bonchev–Trinajstić information content (AvgIpc) is 2.58. The molecule has 1 aliphatic heterocycles. The van der Waals surface area contributed by atoms with Gasteiger partial charge in [0.25, 0.3) is 0 Å². The second-order valence-electron chi connectivity index (χ2n) is 8.33. The van der Waals surface area contributed by atoms with Gasteiger partial charge in [0.05, 0.1) is 11.2 Å². The van der Waals surface area contributed by atoms with Gasteiger partial charge in [0.2, 0.25) is 0 Å². The zero-order valence-electron chi connectivity index (χ0n) is 16.4. The summed E-state index contributed by atoms with van der Waals surface area (Å²) in [6.45, 7) is 14.4. The number of nitrogens with one attached hydrogen (secondary N) is 1. The number of unbranched alkanes of at least 4 members (excludes halogenated alkanes) is 3. The first kappa shape index (κ1) is 21.0. The van der Waals surface area contributed by atoms with Gasteiger partial charge < -0.3 is 19.4 Å². The Balaban J connectivity index is 2.08. The summed E-state index contributed by atoms with van der Waals surface area (Å²) in [6, 6.07) is 0. The molecular formula is C18H34BNO4. The fourth-order valence-corrected chi connectivity index (χ4v) is 2.24. The third-order valence-corrected chi connectivity index (χ3v) is 4.28. The van der Waals surface area contributed by atoms with Gasteiger partial charge in [-0.25, -0.2) is 4.79 Å². The van der Waals surface area contributed by atoms with Crippen LogP contribution < -0.4 is 5.32 Å². The standard InChI is InChI=1S/C18H34BNO4/c1-16(2,3)22-15(21)20-14-12-10-8-9-11-13-19-23-17(4,5)18(6,7)24-19/h11,13H,8-10,12,14H2,1-7H3,(H,20,21)/b13-11+. The van der Waals surface area contributed by atoms with E-state index in [1.54, 1.807) is 0 Å². The van der Waals surface area contributed by atoms with Gasteiger partial charge >= 0.3 is 13.2 Å². The molecule has 1 N–H and O–H groups in total. The molecule has 138 valence electrons. The van der Waals surface area contributed by atoms with Crippen molar-refractivity contribution >= 4 is 13.2 Å². The van der Waals surface area contributed by atoms with Gasteiger partial charge in [-0.05, 0) is 67.7 Å². The first-order valence-electron chi connectivity index (χ1n) is 8.92. The lowest BCUT2D eigenvalue weighted by Gasteiger charge is -2.32. The van der Waals surface area contributed by atoms with Gasteiger partial charge in [0.15, 0.2) is 0 Å². The summed E-state index contributed by atoms with van der Waals surface area (Å²) < 4.78 is 17.0. The summed E-state index contributed by atoms with van der Waals surface area (Å²) in [5.74, 6) is 2.00. The van der Waals surface area contributed by atoms with Crippen molar-refractivity contribution in [2.24, 2.45) is 0 Å². The fourth-order valence-electron chi connectivity index (χ4n) is 2.24. The van der Waals surface area contributed by atoms with Crippen LogP contribution in [0.5, 0.6) is 0 Å². The molecule has 0 unspecified atom stereocenters. The van der Waals surface area contributed by atoms with Crippen LogP contribution in [-0.2, 0) is 14.0 Å². The normalized spacial score (nSPS) is 19.7. The van der Waals surface area contributed by atoms with Crippen molar-refractivity contribution in [2.75, 3.05) is 6.54 Å². The van der Waals surface area contributed by atoms with Crippen LogP contribution in [0.3, 0.4) is 0 Å². The summed E-state index contributed by atoms with van der Waals surface area (Å²) in [4.78, 5) is 11.5. The second-order valence-corrected chi connectivity index (χ2v) is 8.33. The molecule has 0 radical (unpaired) electrons. The van der Waals surface area contributed by atoms with E-state index in [1.807, 2.05) is 26.7 Å². The van der Waals surface area contributed by atoms with Gasteiger partial charge in [0, 0.05) is 6.54 Å². The van der Waals surface area contributed by atoms with Crippen molar-refractivity contribution in [1.29, 1.82) is 0 Å². The second kappa shape index (κ2) is 8.39. The van der Waals surface area contributed by atoms with Crippen LogP contribution in [0.15, 0.2) is 12.1 Å². The molecule has 0 spiro atoms. The minimum absolute atomic E-state index is 0.260. The van der Waals surface area contributed by atoms with E-state index in [9.17, 15) is 4.79 Å². The molecule has 24 heavy (non-hydrogen) atoms. The van der Waals surface area contributed by atoms with Crippen LogP contribution in [0.25, 0.3) is 0 Å². The minimum atomic E-state index is -0.442. The molecule has 0 saturated carbocycles. The molecule has 0 aromatic heterocycles. The third kappa shape index (κ3) is 7.26. The summed E-state index contributed by atoms with van der Waals surface area (Å²) in [7, 11) is -0.260. The molecule has 6 heteroatoms. The van der Waals surface area contributed by atoms with Crippen molar-refractivity contribution in [3.63, 3.8) is 0 Å². The quantitative estimate of drug-likeness (QED) is 0.556. The van der Waals surface area contributed by atoms with Crippen molar-refractivity contribution in [1.82, 2.24) is 5.32 Å². The SMILES string of the molecule is CC(C)(C)OC(=O)NCCCCC/C=C/B1OC(C)(C)C(C)(C)O1. The van der Waals surface area contributed by atoms with Gasteiger partial charge in [0.1, 0.15) is 5.60 Å². The number of carbonyl (C=O) groups is 1. The highest BCUT2D eigenvalue weighted by molar-refractivity contribution is 6.51. The largest absolute Gasteiger partial charge is 0.486 e. The van der Waals surface area contributed by atoms with Crippen LogP contribution in [0.4, 0.5) is 4.79 Å². The maximum Gasteiger partial charge on any atom is 0.486 e. The number of amides is 1. The van der Waals surface area contributed by atoms with E-state index >= 15 is 0 Å².